The van der Waals surface area contributed by atoms with Gasteiger partial charge in [-0.05, 0) is 53.9 Å². The molecule has 1 aliphatic rings. The Kier molecular flexibility index (Phi) is 6.09. The molecule has 0 bridgehead atoms. The molecule has 0 unspecified atom stereocenters. The van der Waals surface area contributed by atoms with Gasteiger partial charge in [0, 0.05) is 11.5 Å². The highest BCUT2D eigenvalue weighted by Gasteiger charge is 2.31. The molecule has 0 radical (unpaired) electrons. The Balaban J connectivity index is 1.52. The van der Waals surface area contributed by atoms with Crippen LogP contribution < -0.4 is 14.2 Å². The molecule has 160 valence electrons. The number of hydrogen-bond acceptors (Lipinski definition) is 5. The summed E-state index contributed by atoms with van der Waals surface area (Å²) in [4.78, 5) is 11.3. The Morgan fingerprint density at radius 1 is 1.10 bits per heavy atom. The lowest BCUT2D eigenvalue weighted by molar-refractivity contribution is 0.0501. The largest absolute Gasteiger partial charge is 0.496 e. The number of ether oxygens (including phenoxy) is 3. The predicted octanol–water partition coefficient (Wildman–Crippen LogP) is 4.26. The maximum atomic E-state index is 11.3. The van der Waals surface area contributed by atoms with Crippen LogP contribution in [0.3, 0.4) is 0 Å². The highest BCUT2D eigenvalue weighted by molar-refractivity contribution is 5.88. The number of carboxylic acids is 1. The Morgan fingerprint density at radius 2 is 1.90 bits per heavy atom. The first-order valence-corrected chi connectivity index (χ1v) is 10.1. The minimum atomic E-state index is -1.00. The fourth-order valence-electron chi connectivity index (χ4n) is 3.79. The van der Waals surface area contributed by atoms with Crippen LogP contribution in [-0.2, 0) is 13.0 Å². The number of carboxylic acid groups (broad SMARTS) is 1. The van der Waals surface area contributed by atoms with Crippen LogP contribution in [0.2, 0.25) is 0 Å². The Morgan fingerprint density at radius 3 is 2.65 bits per heavy atom. The average Bonchev–Trinajstić information content (AvgIpc) is 2.80. The number of hydrogen-bond donors (Lipinski definition) is 2. The number of methoxy groups -OCH3 is 1. The van der Waals surface area contributed by atoms with Gasteiger partial charge in [-0.15, -0.1) is 0 Å². The number of aliphatic hydroxyl groups excluding tert-OH is 1. The number of fused-ring (bicyclic) bond motifs is 1. The molecule has 4 rings (SSSR count). The van der Waals surface area contributed by atoms with Gasteiger partial charge in [0.1, 0.15) is 23.9 Å². The first kappa shape index (κ1) is 20.8. The van der Waals surface area contributed by atoms with Gasteiger partial charge in [-0.25, -0.2) is 4.79 Å². The van der Waals surface area contributed by atoms with Crippen LogP contribution in [0.15, 0.2) is 66.7 Å². The van der Waals surface area contributed by atoms with Crippen molar-refractivity contribution in [1.82, 2.24) is 0 Å². The van der Waals surface area contributed by atoms with Gasteiger partial charge in [-0.3, -0.25) is 0 Å². The van der Waals surface area contributed by atoms with Crippen molar-refractivity contribution >= 4 is 5.97 Å². The van der Waals surface area contributed by atoms with Crippen LogP contribution in [-0.4, -0.2) is 29.9 Å². The molecule has 6 heteroatoms. The third-order valence-corrected chi connectivity index (χ3v) is 5.46. The molecule has 1 aliphatic heterocycles. The summed E-state index contributed by atoms with van der Waals surface area (Å²) in [5, 5.41) is 20.3. The van der Waals surface area contributed by atoms with Crippen LogP contribution in [0.4, 0.5) is 0 Å². The summed E-state index contributed by atoms with van der Waals surface area (Å²) in [5.41, 5.74) is 2.62. The maximum Gasteiger partial charge on any atom is 0.335 e. The summed E-state index contributed by atoms with van der Waals surface area (Å²) in [6.07, 6.45) is -0.359. The lowest BCUT2D eigenvalue weighted by Gasteiger charge is -2.31. The van der Waals surface area contributed by atoms with Crippen molar-refractivity contribution in [1.29, 1.82) is 0 Å². The third-order valence-electron chi connectivity index (χ3n) is 5.46. The highest BCUT2D eigenvalue weighted by atomic mass is 16.5. The lowest BCUT2D eigenvalue weighted by atomic mass is 9.87. The summed E-state index contributed by atoms with van der Waals surface area (Å²) >= 11 is 0. The number of carbonyl (C=O) groups is 1. The second-order valence-electron chi connectivity index (χ2n) is 7.53. The summed E-state index contributed by atoms with van der Waals surface area (Å²) in [6, 6.07) is 20.0. The fraction of sp³-hybridized carbons (Fsp3) is 0.240. The molecule has 0 aromatic heterocycles. The van der Waals surface area contributed by atoms with E-state index in [1.807, 2.05) is 36.4 Å². The zero-order chi connectivity index (χ0) is 21.8. The molecule has 3 aromatic carbocycles. The standard InChI is InChI=1S/C25H24O6/c1-29-22-9-7-17(25(27)28)11-18(22)12-19-15-31-23-10-8-20(13-21(23)24(19)26)30-14-16-5-3-2-4-6-16/h2-11,13,19,24,26H,12,14-15H2,1H3,(H,27,28)/t19-,24-/m0/s1. The molecule has 3 aromatic rings. The smallest absolute Gasteiger partial charge is 0.335 e. The Hall–Kier alpha value is -3.51. The van der Waals surface area contributed by atoms with Crippen LogP contribution in [0, 0.1) is 5.92 Å². The van der Waals surface area contributed by atoms with E-state index < -0.39 is 12.1 Å². The minimum absolute atomic E-state index is 0.180. The topological polar surface area (TPSA) is 85.2 Å². The Bertz CT molecular complexity index is 1060. The summed E-state index contributed by atoms with van der Waals surface area (Å²) < 4.78 is 17.1. The van der Waals surface area contributed by atoms with Crippen molar-refractivity contribution in [2.75, 3.05) is 13.7 Å². The van der Waals surface area contributed by atoms with Gasteiger partial charge in [0.2, 0.25) is 0 Å². The number of rotatable bonds is 7. The molecule has 0 fully saturated rings. The van der Waals surface area contributed by atoms with Crippen molar-refractivity contribution < 1.29 is 29.2 Å². The second-order valence-corrected chi connectivity index (χ2v) is 7.53. The second kappa shape index (κ2) is 9.10. The van der Waals surface area contributed by atoms with E-state index in [2.05, 4.69) is 0 Å². The van der Waals surface area contributed by atoms with E-state index in [4.69, 9.17) is 14.2 Å². The summed E-state index contributed by atoms with van der Waals surface area (Å²) in [7, 11) is 1.54. The highest BCUT2D eigenvalue weighted by Crippen LogP contribution is 2.40. The van der Waals surface area contributed by atoms with E-state index in [1.165, 1.54) is 6.07 Å². The van der Waals surface area contributed by atoms with Crippen LogP contribution >= 0.6 is 0 Å². The van der Waals surface area contributed by atoms with E-state index in [9.17, 15) is 15.0 Å². The van der Waals surface area contributed by atoms with E-state index >= 15 is 0 Å². The van der Waals surface area contributed by atoms with E-state index in [0.29, 0.717) is 42.4 Å². The van der Waals surface area contributed by atoms with Crippen molar-refractivity contribution in [2.45, 2.75) is 19.1 Å². The minimum Gasteiger partial charge on any atom is -0.496 e. The van der Waals surface area contributed by atoms with E-state index in [0.717, 1.165) is 11.1 Å². The average molecular weight is 420 g/mol. The molecule has 31 heavy (non-hydrogen) atoms. The van der Waals surface area contributed by atoms with Crippen molar-refractivity contribution in [3.63, 3.8) is 0 Å². The first-order chi connectivity index (χ1) is 15.0. The van der Waals surface area contributed by atoms with E-state index in [-0.39, 0.29) is 11.5 Å². The molecule has 1 heterocycles. The zero-order valence-corrected chi connectivity index (χ0v) is 17.2. The molecule has 0 amide bonds. The normalized spacial score (nSPS) is 17.4. The molecule has 0 aliphatic carbocycles. The zero-order valence-electron chi connectivity index (χ0n) is 17.2. The first-order valence-electron chi connectivity index (χ1n) is 10.1. The maximum absolute atomic E-state index is 11.3. The molecule has 6 nitrogen and oxygen atoms in total. The predicted molar refractivity (Wildman–Crippen MR) is 115 cm³/mol. The van der Waals surface area contributed by atoms with Crippen molar-refractivity contribution in [3.05, 3.63) is 89.0 Å². The van der Waals surface area contributed by atoms with Crippen molar-refractivity contribution in [2.24, 2.45) is 5.92 Å². The van der Waals surface area contributed by atoms with Gasteiger partial charge in [0.25, 0.3) is 0 Å². The molecule has 0 saturated carbocycles. The quantitative estimate of drug-likeness (QED) is 0.594. The third kappa shape index (κ3) is 4.64. The molecule has 2 N–H and O–H groups in total. The van der Waals surface area contributed by atoms with Gasteiger partial charge in [-0.1, -0.05) is 30.3 Å². The Labute approximate surface area is 180 Å². The summed E-state index contributed by atoms with van der Waals surface area (Å²) in [5.74, 6) is 0.603. The van der Waals surface area contributed by atoms with Gasteiger partial charge in [-0.2, -0.15) is 0 Å². The fourth-order valence-corrected chi connectivity index (χ4v) is 3.79. The molecular formula is C25H24O6. The molecule has 0 saturated heterocycles. The molecule has 2 atom stereocenters. The van der Waals surface area contributed by atoms with E-state index in [1.54, 1.807) is 31.4 Å². The SMILES string of the molecule is COc1ccc(C(=O)O)cc1C[C@H]1COc2ccc(OCc3ccccc3)cc2[C@H]1O. The van der Waals surface area contributed by atoms with Gasteiger partial charge in [0.15, 0.2) is 0 Å². The molecule has 0 spiro atoms. The van der Waals surface area contributed by atoms with Crippen LogP contribution in [0.1, 0.15) is 33.2 Å². The number of aliphatic hydroxyl groups is 1. The molecular weight excluding hydrogens is 396 g/mol. The monoisotopic (exact) mass is 420 g/mol. The van der Waals surface area contributed by atoms with Crippen LogP contribution in [0.25, 0.3) is 0 Å². The van der Waals surface area contributed by atoms with Gasteiger partial charge >= 0.3 is 5.97 Å². The van der Waals surface area contributed by atoms with Crippen LogP contribution in [0.5, 0.6) is 17.2 Å². The number of benzene rings is 3. The number of aromatic carboxylic acids is 1. The van der Waals surface area contributed by atoms with Gasteiger partial charge in [0.05, 0.1) is 25.4 Å². The van der Waals surface area contributed by atoms with Crippen molar-refractivity contribution in [3.8, 4) is 17.2 Å². The lowest BCUT2D eigenvalue weighted by Crippen LogP contribution is -2.28. The summed E-state index contributed by atoms with van der Waals surface area (Å²) in [6.45, 7) is 0.748. The van der Waals surface area contributed by atoms with Gasteiger partial charge < -0.3 is 24.4 Å².